The summed E-state index contributed by atoms with van der Waals surface area (Å²) in [6.45, 7) is 1.57. The monoisotopic (exact) mass is 322 g/mol. The SMILES string of the molecule is Cc1ccc(N(CCNS(C)(=O)=O)S(C)(=O)=O)cc1O. The van der Waals surface area contributed by atoms with E-state index in [-0.39, 0.29) is 24.5 Å². The fourth-order valence-electron chi connectivity index (χ4n) is 1.57. The normalized spacial score (nSPS) is 12.3. The Kier molecular flexibility index (Phi) is 5.00. The summed E-state index contributed by atoms with van der Waals surface area (Å²) < 4.78 is 48.7. The van der Waals surface area contributed by atoms with Crippen LogP contribution in [0.3, 0.4) is 0 Å². The first-order valence-electron chi connectivity index (χ1n) is 5.72. The van der Waals surface area contributed by atoms with Crippen LogP contribution in [0.25, 0.3) is 0 Å². The first-order chi connectivity index (χ1) is 9.00. The van der Waals surface area contributed by atoms with Gasteiger partial charge in [0.25, 0.3) is 0 Å². The van der Waals surface area contributed by atoms with E-state index in [0.717, 1.165) is 16.8 Å². The highest BCUT2D eigenvalue weighted by atomic mass is 32.2. The van der Waals surface area contributed by atoms with E-state index in [1.807, 2.05) is 0 Å². The number of sulfonamides is 2. The largest absolute Gasteiger partial charge is 0.508 e. The van der Waals surface area contributed by atoms with E-state index in [1.54, 1.807) is 19.1 Å². The zero-order chi connectivity index (χ0) is 15.6. The number of hydrogen-bond donors (Lipinski definition) is 2. The molecule has 0 heterocycles. The van der Waals surface area contributed by atoms with Crippen LogP contribution in [0.5, 0.6) is 5.75 Å². The predicted molar refractivity (Wildman–Crippen MR) is 77.9 cm³/mol. The minimum absolute atomic E-state index is 0.0211. The lowest BCUT2D eigenvalue weighted by atomic mass is 10.2. The maximum absolute atomic E-state index is 11.8. The topological polar surface area (TPSA) is 104 Å². The summed E-state index contributed by atoms with van der Waals surface area (Å²) in [6, 6.07) is 4.47. The van der Waals surface area contributed by atoms with Crippen molar-refractivity contribution in [2.24, 2.45) is 0 Å². The summed E-state index contributed by atoms with van der Waals surface area (Å²) in [5.74, 6) is -0.0211. The number of aryl methyl sites for hydroxylation is 1. The van der Waals surface area contributed by atoms with E-state index < -0.39 is 20.0 Å². The molecule has 0 aliphatic heterocycles. The summed E-state index contributed by atoms with van der Waals surface area (Å²) in [6.07, 6.45) is 2.01. The predicted octanol–water partition coefficient (Wildman–Crippen LogP) is 0.0158. The fourth-order valence-corrected chi connectivity index (χ4v) is 2.95. The number of phenols is 1. The summed E-state index contributed by atoms with van der Waals surface area (Å²) in [7, 11) is -6.96. The van der Waals surface area contributed by atoms with Crippen LogP contribution in [0.4, 0.5) is 5.69 Å². The van der Waals surface area contributed by atoms with Crippen LogP contribution in [-0.4, -0.2) is 47.5 Å². The Morgan fingerprint density at radius 3 is 2.25 bits per heavy atom. The second-order valence-electron chi connectivity index (χ2n) is 4.47. The van der Waals surface area contributed by atoms with E-state index in [4.69, 9.17) is 0 Å². The number of hydrogen-bond acceptors (Lipinski definition) is 5. The van der Waals surface area contributed by atoms with Crippen LogP contribution in [0, 0.1) is 6.92 Å². The molecular weight excluding hydrogens is 304 g/mol. The van der Waals surface area contributed by atoms with Crippen LogP contribution in [0.1, 0.15) is 5.56 Å². The summed E-state index contributed by atoms with van der Waals surface area (Å²) in [5, 5.41) is 9.64. The summed E-state index contributed by atoms with van der Waals surface area (Å²) in [5.41, 5.74) is 0.905. The maximum Gasteiger partial charge on any atom is 0.232 e. The quantitative estimate of drug-likeness (QED) is 0.768. The Labute approximate surface area is 119 Å². The number of nitrogens with one attached hydrogen (secondary N) is 1. The van der Waals surface area contributed by atoms with Crippen LogP contribution in [0.2, 0.25) is 0 Å². The van der Waals surface area contributed by atoms with Crippen LogP contribution >= 0.6 is 0 Å². The average Bonchev–Trinajstić information content (AvgIpc) is 2.25. The van der Waals surface area contributed by atoms with Gasteiger partial charge in [0.2, 0.25) is 20.0 Å². The Bertz CT molecular complexity index is 683. The molecule has 0 bridgehead atoms. The van der Waals surface area contributed by atoms with Gasteiger partial charge in [-0.05, 0) is 18.6 Å². The maximum atomic E-state index is 11.8. The number of benzene rings is 1. The molecule has 0 unspecified atom stereocenters. The molecule has 0 radical (unpaired) electrons. The first kappa shape index (κ1) is 16.7. The van der Waals surface area contributed by atoms with Gasteiger partial charge in [0.1, 0.15) is 5.75 Å². The molecular formula is C11H18N2O5S2. The summed E-state index contributed by atoms with van der Waals surface area (Å²) in [4.78, 5) is 0. The van der Waals surface area contributed by atoms with Crippen LogP contribution in [-0.2, 0) is 20.0 Å². The highest BCUT2D eigenvalue weighted by molar-refractivity contribution is 7.92. The molecule has 9 heteroatoms. The number of phenolic OH excluding ortho intramolecular Hbond substituents is 1. The minimum atomic E-state index is -3.58. The van der Waals surface area contributed by atoms with E-state index in [9.17, 15) is 21.9 Å². The van der Waals surface area contributed by atoms with Gasteiger partial charge in [0.05, 0.1) is 18.2 Å². The van der Waals surface area contributed by atoms with Crippen molar-refractivity contribution in [3.63, 3.8) is 0 Å². The van der Waals surface area contributed by atoms with Gasteiger partial charge in [-0.3, -0.25) is 4.31 Å². The van der Waals surface area contributed by atoms with Crippen molar-refractivity contribution >= 4 is 25.7 Å². The molecule has 0 aromatic heterocycles. The molecule has 1 aromatic rings. The number of anilines is 1. The third-order valence-electron chi connectivity index (χ3n) is 2.56. The molecule has 0 spiro atoms. The summed E-state index contributed by atoms with van der Waals surface area (Å²) >= 11 is 0. The Balaban J connectivity index is 2.99. The Morgan fingerprint density at radius 2 is 1.80 bits per heavy atom. The van der Waals surface area contributed by atoms with E-state index in [2.05, 4.69) is 4.72 Å². The third kappa shape index (κ3) is 4.99. The van der Waals surface area contributed by atoms with Crippen molar-refractivity contribution in [3.05, 3.63) is 23.8 Å². The molecule has 0 saturated heterocycles. The molecule has 1 aromatic carbocycles. The average molecular weight is 322 g/mol. The zero-order valence-electron chi connectivity index (χ0n) is 11.5. The molecule has 0 saturated carbocycles. The molecule has 114 valence electrons. The van der Waals surface area contributed by atoms with Gasteiger partial charge >= 0.3 is 0 Å². The molecule has 20 heavy (non-hydrogen) atoms. The van der Waals surface area contributed by atoms with Gasteiger partial charge in [-0.2, -0.15) is 0 Å². The van der Waals surface area contributed by atoms with Gasteiger partial charge in [0.15, 0.2) is 0 Å². The minimum Gasteiger partial charge on any atom is -0.508 e. The molecule has 0 aliphatic rings. The molecule has 2 N–H and O–H groups in total. The third-order valence-corrected chi connectivity index (χ3v) is 4.48. The highest BCUT2D eigenvalue weighted by Crippen LogP contribution is 2.25. The molecule has 7 nitrogen and oxygen atoms in total. The Morgan fingerprint density at radius 1 is 1.20 bits per heavy atom. The van der Waals surface area contributed by atoms with E-state index in [1.165, 1.54) is 6.07 Å². The van der Waals surface area contributed by atoms with Crippen molar-refractivity contribution in [2.45, 2.75) is 6.92 Å². The molecule has 0 atom stereocenters. The van der Waals surface area contributed by atoms with Gasteiger partial charge < -0.3 is 5.11 Å². The Hall–Kier alpha value is -1.32. The van der Waals surface area contributed by atoms with Crippen molar-refractivity contribution in [2.75, 3.05) is 29.9 Å². The smallest absolute Gasteiger partial charge is 0.232 e. The fraction of sp³-hybridized carbons (Fsp3) is 0.455. The molecule has 0 fully saturated rings. The molecule has 1 rings (SSSR count). The highest BCUT2D eigenvalue weighted by Gasteiger charge is 2.18. The van der Waals surface area contributed by atoms with E-state index >= 15 is 0 Å². The van der Waals surface area contributed by atoms with Crippen molar-refractivity contribution in [3.8, 4) is 5.75 Å². The van der Waals surface area contributed by atoms with Crippen molar-refractivity contribution < 1.29 is 21.9 Å². The number of rotatable bonds is 6. The lowest BCUT2D eigenvalue weighted by Gasteiger charge is -2.22. The zero-order valence-corrected chi connectivity index (χ0v) is 13.1. The number of aromatic hydroxyl groups is 1. The van der Waals surface area contributed by atoms with Gasteiger partial charge in [-0.15, -0.1) is 0 Å². The molecule has 0 amide bonds. The number of nitrogens with zero attached hydrogens (tertiary/aromatic N) is 1. The van der Waals surface area contributed by atoms with Crippen molar-refractivity contribution in [1.29, 1.82) is 0 Å². The van der Waals surface area contributed by atoms with Crippen molar-refractivity contribution in [1.82, 2.24) is 4.72 Å². The second-order valence-corrected chi connectivity index (χ2v) is 8.21. The first-order valence-corrected chi connectivity index (χ1v) is 9.46. The lowest BCUT2D eigenvalue weighted by molar-refractivity contribution is 0.471. The standard InChI is InChI=1S/C11H18N2O5S2/c1-9-4-5-10(8-11(9)14)13(20(3,17)18)7-6-12-19(2,15)16/h4-5,8,12,14H,6-7H2,1-3H3. The van der Waals surface area contributed by atoms with Gasteiger partial charge in [0, 0.05) is 19.2 Å². The van der Waals surface area contributed by atoms with Gasteiger partial charge in [-0.25, -0.2) is 21.6 Å². The van der Waals surface area contributed by atoms with Crippen LogP contribution in [0.15, 0.2) is 18.2 Å². The molecule has 0 aliphatic carbocycles. The van der Waals surface area contributed by atoms with E-state index in [0.29, 0.717) is 5.56 Å². The lowest BCUT2D eigenvalue weighted by Crippen LogP contribution is -2.37. The van der Waals surface area contributed by atoms with Crippen LogP contribution < -0.4 is 9.03 Å². The second kappa shape index (κ2) is 5.98. The van der Waals surface area contributed by atoms with Gasteiger partial charge in [-0.1, -0.05) is 6.07 Å².